The molecule has 15 heavy (non-hydrogen) atoms. The maximum Gasteiger partial charge on any atom is 0.326 e. The molecule has 4 N–H and O–H groups in total. The van der Waals surface area contributed by atoms with Crippen LogP contribution < -0.4 is 11.1 Å². The minimum Gasteiger partial charge on any atom is -0.480 e. The number of nitrogens with two attached hydrogens (primary N) is 1. The summed E-state index contributed by atoms with van der Waals surface area (Å²) >= 11 is 0. The highest BCUT2D eigenvalue weighted by molar-refractivity contribution is 5.78. The van der Waals surface area contributed by atoms with E-state index in [1.54, 1.807) is 19.1 Å². The summed E-state index contributed by atoms with van der Waals surface area (Å²) in [6.07, 6.45) is 0.477. The molecule has 1 heterocycles. The summed E-state index contributed by atoms with van der Waals surface area (Å²) in [5.41, 5.74) is 6.93. The van der Waals surface area contributed by atoms with Gasteiger partial charge in [-0.3, -0.25) is 0 Å². The van der Waals surface area contributed by atoms with Crippen molar-refractivity contribution in [1.82, 2.24) is 4.98 Å². The average Bonchev–Trinajstić information content (AvgIpc) is 2.18. The summed E-state index contributed by atoms with van der Waals surface area (Å²) in [6.45, 7) is 3.62. The zero-order valence-electron chi connectivity index (χ0n) is 8.82. The largest absolute Gasteiger partial charge is 0.480 e. The molecule has 0 amide bonds. The molecule has 0 saturated heterocycles. The van der Waals surface area contributed by atoms with Gasteiger partial charge in [0.25, 0.3) is 0 Å². The third-order valence-corrected chi connectivity index (χ3v) is 2.08. The third kappa shape index (κ3) is 2.83. The molecular formula is C10H15N3O2. The molecular weight excluding hydrogens is 194 g/mol. The second-order valence-corrected chi connectivity index (χ2v) is 3.33. The first-order chi connectivity index (χ1) is 7.04. The Morgan fingerprint density at radius 1 is 1.67 bits per heavy atom. The van der Waals surface area contributed by atoms with E-state index in [4.69, 9.17) is 10.8 Å². The molecule has 5 nitrogen and oxygen atoms in total. The highest BCUT2D eigenvalue weighted by Gasteiger charge is 2.16. The first-order valence-corrected chi connectivity index (χ1v) is 4.77. The standard InChI is InChI=1S/C10H15N3O2/c1-3-8(10(14)15)13-9-7(11)5-4-6(2)12-9/h4-5,8H,3,11H2,1-2H3,(H,12,13)(H,14,15). The Balaban J connectivity index is 2.87. The number of hydrogen-bond donors (Lipinski definition) is 3. The highest BCUT2D eigenvalue weighted by atomic mass is 16.4. The van der Waals surface area contributed by atoms with Crippen molar-refractivity contribution in [2.75, 3.05) is 11.1 Å². The van der Waals surface area contributed by atoms with E-state index >= 15 is 0 Å². The van der Waals surface area contributed by atoms with Gasteiger partial charge in [-0.25, -0.2) is 9.78 Å². The maximum atomic E-state index is 10.8. The van der Waals surface area contributed by atoms with Crippen LogP contribution in [0.15, 0.2) is 12.1 Å². The van der Waals surface area contributed by atoms with E-state index in [1.165, 1.54) is 0 Å². The molecule has 1 atom stereocenters. The molecule has 0 saturated carbocycles. The molecule has 0 fully saturated rings. The molecule has 0 aliphatic carbocycles. The van der Waals surface area contributed by atoms with Crippen molar-refractivity contribution in [3.05, 3.63) is 17.8 Å². The van der Waals surface area contributed by atoms with Crippen molar-refractivity contribution in [3.63, 3.8) is 0 Å². The zero-order valence-corrected chi connectivity index (χ0v) is 8.82. The number of carboxylic acid groups (broad SMARTS) is 1. The Morgan fingerprint density at radius 3 is 2.87 bits per heavy atom. The van der Waals surface area contributed by atoms with Crippen LogP contribution in [-0.2, 0) is 4.79 Å². The quantitative estimate of drug-likeness (QED) is 0.694. The van der Waals surface area contributed by atoms with Gasteiger partial charge in [-0.15, -0.1) is 0 Å². The van der Waals surface area contributed by atoms with Crippen LogP contribution in [0.5, 0.6) is 0 Å². The number of carbonyl (C=O) groups is 1. The summed E-state index contributed by atoms with van der Waals surface area (Å²) in [6, 6.07) is 2.84. The molecule has 0 aliphatic heterocycles. The lowest BCUT2D eigenvalue weighted by atomic mass is 10.2. The van der Waals surface area contributed by atoms with Gasteiger partial charge in [0.1, 0.15) is 11.9 Å². The van der Waals surface area contributed by atoms with Crippen molar-refractivity contribution in [3.8, 4) is 0 Å². The number of aryl methyl sites for hydroxylation is 1. The van der Waals surface area contributed by atoms with Crippen molar-refractivity contribution in [2.45, 2.75) is 26.3 Å². The van der Waals surface area contributed by atoms with Gasteiger partial charge in [-0.05, 0) is 25.5 Å². The van der Waals surface area contributed by atoms with Crippen LogP contribution in [0, 0.1) is 6.92 Å². The van der Waals surface area contributed by atoms with Crippen molar-refractivity contribution in [2.24, 2.45) is 0 Å². The fraction of sp³-hybridized carbons (Fsp3) is 0.400. The van der Waals surface area contributed by atoms with Crippen LogP contribution in [0.4, 0.5) is 11.5 Å². The summed E-state index contributed by atoms with van der Waals surface area (Å²) in [4.78, 5) is 14.9. The minimum absolute atomic E-state index is 0.434. The van der Waals surface area contributed by atoms with Crippen LogP contribution in [0.3, 0.4) is 0 Å². The Hall–Kier alpha value is -1.78. The van der Waals surface area contributed by atoms with E-state index in [-0.39, 0.29) is 0 Å². The number of hydrogen-bond acceptors (Lipinski definition) is 4. The number of anilines is 2. The lowest BCUT2D eigenvalue weighted by Gasteiger charge is -2.14. The Morgan fingerprint density at radius 2 is 2.33 bits per heavy atom. The Bertz CT molecular complexity index is 366. The SMILES string of the molecule is CCC(Nc1nc(C)ccc1N)C(=O)O. The molecule has 0 aromatic carbocycles. The molecule has 0 aliphatic rings. The Kier molecular flexibility index (Phi) is 3.49. The van der Waals surface area contributed by atoms with Crippen LogP contribution in [0.25, 0.3) is 0 Å². The van der Waals surface area contributed by atoms with Gasteiger partial charge in [-0.1, -0.05) is 6.92 Å². The number of nitrogens with one attached hydrogen (secondary N) is 1. The average molecular weight is 209 g/mol. The molecule has 1 aromatic rings. The number of nitrogen functional groups attached to an aromatic ring is 1. The van der Waals surface area contributed by atoms with Crippen LogP contribution in [-0.4, -0.2) is 22.1 Å². The topological polar surface area (TPSA) is 88.2 Å². The molecule has 1 rings (SSSR count). The normalized spacial score (nSPS) is 12.1. The monoisotopic (exact) mass is 209 g/mol. The first-order valence-electron chi connectivity index (χ1n) is 4.77. The number of aliphatic carboxylic acids is 1. The van der Waals surface area contributed by atoms with Gasteiger partial charge >= 0.3 is 5.97 Å². The predicted octanol–water partition coefficient (Wildman–Crippen LogP) is 1.25. The van der Waals surface area contributed by atoms with Gasteiger partial charge in [0, 0.05) is 5.69 Å². The van der Waals surface area contributed by atoms with E-state index in [0.29, 0.717) is 17.9 Å². The van der Waals surface area contributed by atoms with Crippen molar-refractivity contribution < 1.29 is 9.90 Å². The molecule has 0 bridgehead atoms. The fourth-order valence-corrected chi connectivity index (χ4v) is 1.19. The lowest BCUT2D eigenvalue weighted by molar-refractivity contribution is -0.137. The summed E-state index contributed by atoms with van der Waals surface area (Å²) in [5, 5.41) is 11.7. The second-order valence-electron chi connectivity index (χ2n) is 3.33. The maximum absolute atomic E-state index is 10.8. The van der Waals surface area contributed by atoms with Gasteiger partial charge in [0.2, 0.25) is 0 Å². The van der Waals surface area contributed by atoms with Gasteiger partial charge < -0.3 is 16.2 Å². The number of carboxylic acids is 1. The van der Waals surface area contributed by atoms with Crippen LogP contribution >= 0.6 is 0 Å². The Labute approximate surface area is 88.3 Å². The van der Waals surface area contributed by atoms with Gasteiger partial charge in [-0.2, -0.15) is 0 Å². The number of aromatic nitrogens is 1. The number of pyridine rings is 1. The van der Waals surface area contributed by atoms with Gasteiger partial charge in [0.05, 0.1) is 5.69 Å². The summed E-state index contributed by atoms with van der Waals surface area (Å²) < 4.78 is 0. The van der Waals surface area contributed by atoms with Crippen LogP contribution in [0.2, 0.25) is 0 Å². The van der Waals surface area contributed by atoms with E-state index in [1.807, 2.05) is 6.92 Å². The highest BCUT2D eigenvalue weighted by Crippen LogP contribution is 2.17. The summed E-state index contributed by atoms with van der Waals surface area (Å²) in [5.74, 6) is -0.468. The van der Waals surface area contributed by atoms with Crippen molar-refractivity contribution in [1.29, 1.82) is 0 Å². The minimum atomic E-state index is -0.903. The lowest BCUT2D eigenvalue weighted by Crippen LogP contribution is -2.29. The van der Waals surface area contributed by atoms with E-state index in [9.17, 15) is 4.79 Å². The third-order valence-electron chi connectivity index (χ3n) is 2.08. The van der Waals surface area contributed by atoms with E-state index in [0.717, 1.165) is 5.69 Å². The molecule has 0 spiro atoms. The fourth-order valence-electron chi connectivity index (χ4n) is 1.19. The molecule has 0 radical (unpaired) electrons. The molecule has 1 aromatic heterocycles. The number of nitrogens with zero attached hydrogens (tertiary/aromatic N) is 1. The molecule has 1 unspecified atom stereocenters. The summed E-state index contributed by atoms with van der Waals surface area (Å²) in [7, 11) is 0. The van der Waals surface area contributed by atoms with Crippen LogP contribution in [0.1, 0.15) is 19.0 Å². The zero-order chi connectivity index (χ0) is 11.4. The second kappa shape index (κ2) is 4.63. The smallest absolute Gasteiger partial charge is 0.326 e. The molecule has 82 valence electrons. The van der Waals surface area contributed by atoms with Crippen molar-refractivity contribution >= 4 is 17.5 Å². The predicted molar refractivity (Wildman–Crippen MR) is 58.7 cm³/mol. The van der Waals surface area contributed by atoms with E-state index < -0.39 is 12.0 Å². The first kappa shape index (κ1) is 11.3. The molecule has 5 heteroatoms. The van der Waals surface area contributed by atoms with Gasteiger partial charge in [0.15, 0.2) is 0 Å². The van der Waals surface area contributed by atoms with E-state index in [2.05, 4.69) is 10.3 Å². The number of rotatable bonds is 4.